The number of carbonyl (C=O) groups excluding carboxylic acids is 1. The van der Waals surface area contributed by atoms with Crippen molar-refractivity contribution in [1.29, 1.82) is 0 Å². The average Bonchev–Trinajstić information content (AvgIpc) is 2.65. The third kappa shape index (κ3) is 7.34. The Balaban J connectivity index is 0.00000392. The van der Waals surface area contributed by atoms with Gasteiger partial charge in [-0.1, -0.05) is 24.3 Å². The molecule has 0 spiro atoms. The van der Waals surface area contributed by atoms with E-state index in [1.54, 1.807) is 32.4 Å². The van der Waals surface area contributed by atoms with Gasteiger partial charge in [-0.25, -0.2) is 4.39 Å². The summed E-state index contributed by atoms with van der Waals surface area (Å²) in [6, 6.07) is 12.3. The molecule has 152 valence electrons. The van der Waals surface area contributed by atoms with Crippen LogP contribution in [0.1, 0.15) is 18.1 Å². The van der Waals surface area contributed by atoms with E-state index in [0.717, 1.165) is 5.56 Å². The van der Waals surface area contributed by atoms with Gasteiger partial charge in [0.1, 0.15) is 11.6 Å². The van der Waals surface area contributed by atoms with Gasteiger partial charge in [-0.2, -0.15) is 0 Å². The Morgan fingerprint density at radius 2 is 1.93 bits per heavy atom. The van der Waals surface area contributed by atoms with Crippen molar-refractivity contribution in [2.24, 2.45) is 4.99 Å². The summed E-state index contributed by atoms with van der Waals surface area (Å²) in [5.41, 5.74) is 2.24. The Hall–Kier alpha value is -2.36. The molecule has 0 bridgehead atoms. The number of methoxy groups -OCH3 is 1. The summed E-state index contributed by atoms with van der Waals surface area (Å²) < 4.78 is 18.9. The van der Waals surface area contributed by atoms with Crippen LogP contribution in [0.15, 0.2) is 47.5 Å². The molecule has 1 amide bonds. The molecular formula is C20H26FIN4O2. The highest BCUT2D eigenvalue weighted by Crippen LogP contribution is 2.25. The van der Waals surface area contributed by atoms with E-state index in [1.165, 1.54) is 13.0 Å². The van der Waals surface area contributed by atoms with Gasteiger partial charge >= 0.3 is 0 Å². The SMILES string of the molecule is CN=C(NCCc1ccccc1F)NCc1ccc(OC)c(NC(C)=O)c1.I. The van der Waals surface area contributed by atoms with Gasteiger partial charge in [0, 0.05) is 27.1 Å². The molecule has 2 aromatic rings. The van der Waals surface area contributed by atoms with E-state index < -0.39 is 0 Å². The van der Waals surface area contributed by atoms with Crippen molar-refractivity contribution in [1.82, 2.24) is 10.6 Å². The molecule has 0 aliphatic rings. The number of carbonyl (C=O) groups is 1. The summed E-state index contributed by atoms with van der Waals surface area (Å²) in [4.78, 5) is 15.5. The Morgan fingerprint density at radius 3 is 2.57 bits per heavy atom. The van der Waals surface area contributed by atoms with E-state index in [9.17, 15) is 9.18 Å². The summed E-state index contributed by atoms with van der Waals surface area (Å²) in [5.74, 6) is 0.847. The number of anilines is 1. The van der Waals surface area contributed by atoms with Gasteiger partial charge in [-0.3, -0.25) is 9.79 Å². The first kappa shape index (κ1) is 23.7. The van der Waals surface area contributed by atoms with E-state index in [-0.39, 0.29) is 35.7 Å². The first-order valence-electron chi connectivity index (χ1n) is 8.66. The number of rotatable bonds is 7. The number of nitrogens with one attached hydrogen (secondary N) is 3. The standard InChI is InChI=1S/C20H25FN4O2.HI/c1-14(26)25-18-12-15(8-9-19(18)27-3)13-24-20(22-2)23-11-10-16-6-4-5-7-17(16)21;/h4-9,12H,10-11,13H2,1-3H3,(H,25,26)(H2,22,23,24);1H. The molecule has 0 unspecified atom stereocenters. The number of halogens is 2. The molecular weight excluding hydrogens is 474 g/mol. The second kappa shape index (κ2) is 12.2. The molecule has 0 atom stereocenters. The third-order valence-corrected chi connectivity index (χ3v) is 3.90. The molecule has 0 aliphatic heterocycles. The van der Waals surface area contributed by atoms with Gasteiger partial charge in [-0.15, -0.1) is 24.0 Å². The topological polar surface area (TPSA) is 74.8 Å². The molecule has 0 saturated carbocycles. The van der Waals surface area contributed by atoms with Crippen LogP contribution in [0.25, 0.3) is 0 Å². The minimum atomic E-state index is -0.203. The molecule has 0 fully saturated rings. The number of aliphatic imine (C=N–C) groups is 1. The normalized spacial score (nSPS) is 10.6. The van der Waals surface area contributed by atoms with Gasteiger partial charge in [0.2, 0.25) is 5.91 Å². The van der Waals surface area contributed by atoms with Crippen molar-refractivity contribution in [3.05, 3.63) is 59.4 Å². The fourth-order valence-electron chi connectivity index (χ4n) is 2.58. The van der Waals surface area contributed by atoms with Crippen LogP contribution in [0.2, 0.25) is 0 Å². The molecule has 0 aromatic heterocycles. The fourth-order valence-corrected chi connectivity index (χ4v) is 2.58. The molecule has 6 nitrogen and oxygen atoms in total. The van der Waals surface area contributed by atoms with Gasteiger partial charge in [-0.05, 0) is 35.7 Å². The summed E-state index contributed by atoms with van der Waals surface area (Å²) in [7, 11) is 3.23. The minimum absolute atomic E-state index is 0. The molecule has 2 aromatic carbocycles. The van der Waals surface area contributed by atoms with Crippen LogP contribution in [-0.2, 0) is 17.8 Å². The zero-order valence-electron chi connectivity index (χ0n) is 16.2. The van der Waals surface area contributed by atoms with Crippen molar-refractivity contribution in [3.8, 4) is 5.75 Å². The summed E-state index contributed by atoms with van der Waals surface area (Å²) >= 11 is 0. The first-order chi connectivity index (χ1) is 13.0. The lowest BCUT2D eigenvalue weighted by Gasteiger charge is -2.14. The van der Waals surface area contributed by atoms with Crippen LogP contribution in [0, 0.1) is 5.82 Å². The number of amides is 1. The number of nitrogens with zero attached hydrogens (tertiary/aromatic N) is 1. The zero-order chi connectivity index (χ0) is 19.6. The van der Waals surface area contributed by atoms with E-state index >= 15 is 0 Å². The molecule has 0 radical (unpaired) electrons. The lowest BCUT2D eigenvalue weighted by molar-refractivity contribution is -0.114. The van der Waals surface area contributed by atoms with Crippen molar-refractivity contribution < 1.29 is 13.9 Å². The van der Waals surface area contributed by atoms with Crippen LogP contribution in [0.5, 0.6) is 5.75 Å². The lowest BCUT2D eigenvalue weighted by atomic mass is 10.1. The van der Waals surface area contributed by atoms with Gasteiger partial charge in [0.25, 0.3) is 0 Å². The third-order valence-electron chi connectivity index (χ3n) is 3.90. The fraction of sp³-hybridized carbons (Fsp3) is 0.300. The van der Waals surface area contributed by atoms with E-state index in [2.05, 4.69) is 20.9 Å². The quantitative estimate of drug-likeness (QED) is 0.310. The maximum atomic E-state index is 13.6. The molecule has 2 rings (SSSR count). The maximum Gasteiger partial charge on any atom is 0.221 e. The second-order valence-electron chi connectivity index (χ2n) is 5.91. The van der Waals surface area contributed by atoms with E-state index in [4.69, 9.17) is 4.74 Å². The Labute approximate surface area is 182 Å². The van der Waals surface area contributed by atoms with Crippen molar-refractivity contribution in [2.45, 2.75) is 19.9 Å². The average molecular weight is 500 g/mol. The largest absolute Gasteiger partial charge is 0.495 e. The van der Waals surface area contributed by atoms with Crippen molar-refractivity contribution in [3.63, 3.8) is 0 Å². The molecule has 0 aliphatic carbocycles. The van der Waals surface area contributed by atoms with Crippen LogP contribution >= 0.6 is 24.0 Å². The molecule has 8 heteroatoms. The zero-order valence-corrected chi connectivity index (χ0v) is 18.5. The number of ether oxygens (including phenoxy) is 1. The molecule has 28 heavy (non-hydrogen) atoms. The van der Waals surface area contributed by atoms with Gasteiger partial charge in [0.05, 0.1) is 12.8 Å². The van der Waals surface area contributed by atoms with Crippen molar-refractivity contribution in [2.75, 3.05) is 26.0 Å². The number of benzene rings is 2. The predicted octanol–water partition coefficient (Wildman–Crippen LogP) is 3.32. The van der Waals surface area contributed by atoms with Gasteiger partial charge in [0.15, 0.2) is 5.96 Å². The Kier molecular flexibility index (Phi) is 10.3. The highest BCUT2D eigenvalue weighted by Gasteiger charge is 2.07. The minimum Gasteiger partial charge on any atom is -0.495 e. The van der Waals surface area contributed by atoms with E-state index in [0.29, 0.717) is 42.5 Å². The van der Waals surface area contributed by atoms with Gasteiger partial charge < -0.3 is 20.7 Å². The number of hydrogen-bond acceptors (Lipinski definition) is 3. The Bertz CT molecular complexity index is 815. The van der Waals surface area contributed by atoms with Crippen molar-refractivity contribution >= 4 is 41.5 Å². The first-order valence-corrected chi connectivity index (χ1v) is 8.66. The summed E-state index contributed by atoms with van der Waals surface area (Å²) in [6.45, 7) is 2.52. The van der Waals surface area contributed by atoms with Crippen LogP contribution < -0.4 is 20.7 Å². The molecule has 0 saturated heterocycles. The number of hydrogen-bond donors (Lipinski definition) is 3. The highest BCUT2D eigenvalue weighted by atomic mass is 127. The van der Waals surface area contributed by atoms with Crippen LogP contribution in [-0.4, -0.2) is 32.6 Å². The van der Waals surface area contributed by atoms with Crippen LogP contribution in [0.4, 0.5) is 10.1 Å². The second-order valence-corrected chi connectivity index (χ2v) is 5.91. The number of guanidine groups is 1. The molecule has 0 heterocycles. The maximum absolute atomic E-state index is 13.6. The van der Waals surface area contributed by atoms with Crippen LogP contribution in [0.3, 0.4) is 0 Å². The summed E-state index contributed by atoms with van der Waals surface area (Å²) in [6.07, 6.45) is 0.558. The molecule has 3 N–H and O–H groups in total. The Morgan fingerprint density at radius 1 is 1.18 bits per heavy atom. The lowest BCUT2D eigenvalue weighted by Crippen LogP contribution is -2.37. The predicted molar refractivity (Wildman–Crippen MR) is 121 cm³/mol. The van der Waals surface area contributed by atoms with E-state index in [1.807, 2.05) is 18.2 Å². The summed E-state index contributed by atoms with van der Waals surface area (Å²) in [5, 5.41) is 9.11. The smallest absolute Gasteiger partial charge is 0.221 e. The monoisotopic (exact) mass is 500 g/mol. The highest BCUT2D eigenvalue weighted by molar-refractivity contribution is 14.0.